The van der Waals surface area contributed by atoms with E-state index >= 15 is 0 Å². The van der Waals surface area contributed by atoms with Gasteiger partial charge in [-0.05, 0) is 50.1 Å². The van der Waals surface area contributed by atoms with E-state index in [0.29, 0.717) is 11.1 Å². The van der Waals surface area contributed by atoms with Crippen LogP contribution < -0.4 is 5.32 Å². The summed E-state index contributed by atoms with van der Waals surface area (Å²) in [6.07, 6.45) is 1.76. The van der Waals surface area contributed by atoms with E-state index in [1.54, 1.807) is 51.2 Å². The van der Waals surface area contributed by atoms with Crippen LogP contribution in [0, 0.1) is 11.8 Å². The molecule has 3 heterocycles. The number of fused-ring (bicyclic) bond motifs is 2. The molecule has 4 atom stereocenters. The molecular weight excluding hydrogens is 474 g/mol. The van der Waals surface area contributed by atoms with E-state index in [-0.39, 0.29) is 6.42 Å². The van der Waals surface area contributed by atoms with E-state index in [4.69, 9.17) is 4.74 Å². The average Bonchev–Trinajstić information content (AvgIpc) is 3.51. The number of aromatic amines is 1. The van der Waals surface area contributed by atoms with Crippen molar-refractivity contribution in [3.8, 4) is 0 Å². The van der Waals surface area contributed by atoms with E-state index in [9.17, 15) is 24.3 Å². The summed E-state index contributed by atoms with van der Waals surface area (Å²) >= 11 is 0. The average molecular weight is 504 g/mol. The minimum absolute atomic E-state index is 0.00125. The van der Waals surface area contributed by atoms with Crippen LogP contribution in [0.2, 0.25) is 0 Å². The van der Waals surface area contributed by atoms with Crippen LogP contribution >= 0.6 is 0 Å². The quantitative estimate of drug-likeness (QED) is 0.361. The second kappa shape index (κ2) is 8.55. The number of hydrogen-bond acceptors (Lipinski definition) is 6. The lowest BCUT2D eigenvalue weighted by molar-refractivity contribution is -0.153. The minimum atomic E-state index is -1.73. The van der Waals surface area contributed by atoms with Gasteiger partial charge in [-0.15, -0.1) is 0 Å². The number of aromatic nitrogens is 1. The molecule has 3 aromatic rings. The Morgan fingerprint density at radius 1 is 1.05 bits per heavy atom. The Hall–Kier alpha value is -3.98. The van der Waals surface area contributed by atoms with Crippen molar-refractivity contribution < 1.29 is 29.0 Å². The predicted molar refractivity (Wildman–Crippen MR) is 135 cm³/mol. The smallest absolute Gasteiger partial charge is 0.337 e. The molecule has 0 aliphatic carbocycles. The molecule has 9 heteroatoms. The number of H-pyrrole nitrogens is 1. The van der Waals surface area contributed by atoms with Gasteiger partial charge in [0.15, 0.2) is 0 Å². The lowest BCUT2D eigenvalue weighted by Crippen LogP contribution is -2.58. The van der Waals surface area contributed by atoms with Crippen LogP contribution in [0.15, 0.2) is 54.7 Å². The van der Waals surface area contributed by atoms with Gasteiger partial charge in [-0.3, -0.25) is 24.6 Å². The number of imide groups is 1. The van der Waals surface area contributed by atoms with E-state index < -0.39 is 52.7 Å². The molecule has 0 spiro atoms. The van der Waals surface area contributed by atoms with Crippen molar-refractivity contribution in [1.29, 1.82) is 0 Å². The molecule has 5 rings (SSSR count). The second-order valence-electron chi connectivity index (χ2n) is 10.7. The third-order valence-electron chi connectivity index (χ3n) is 7.54. The van der Waals surface area contributed by atoms with Crippen LogP contribution in [0.25, 0.3) is 10.9 Å². The minimum Gasteiger partial charge on any atom is -0.480 e. The van der Waals surface area contributed by atoms with Crippen LogP contribution in [0.1, 0.15) is 48.3 Å². The molecule has 9 nitrogen and oxygen atoms in total. The maximum atomic E-state index is 13.8. The maximum Gasteiger partial charge on any atom is 0.337 e. The van der Waals surface area contributed by atoms with Crippen molar-refractivity contribution in [2.75, 3.05) is 7.11 Å². The third-order valence-corrected chi connectivity index (χ3v) is 7.54. The zero-order valence-electron chi connectivity index (χ0n) is 21.1. The number of benzene rings is 2. The summed E-state index contributed by atoms with van der Waals surface area (Å²) in [7, 11) is 1.29. The van der Waals surface area contributed by atoms with Gasteiger partial charge in [0.2, 0.25) is 11.8 Å². The van der Waals surface area contributed by atoms with Crippen molar-refractivity contribution in [3.63, 3.8) is 0 Å². The standard InChI is InChI=1S/C28H29N3O6/c1-27(2,3)31-23(32)20-21(24(31)33)28(26(35)36,13-17-14-29-19-8-6-5-7-18(17)19)30-22(20)15-9-11-16(12-10-15)25(34)37-4/h5-12,14,20-22,29-30H,13H2,1-4H3,(H,35,36). The number of esters is 1. The first kappa shape index (κ1) is 24.7. The number of carbonyl (C=O) groups is 4. The van der Waals surface area contributed by atoms with Gasteiger partial charge in [-0.25, -0.2) is 4.79 Å². The van der Waals surface area contributed by atoms with Gasteiger partial charge in [-0.1, -0.05) is 30.3 Å². The van der Waals surface area contributed by atoms with Gasteiger partial charge in [0.05, 0.1) is 24.5 Å². The molecular formula is C28H29N3O6. The van der Waals surface area contributed by atoms with Crippen molar-refractivity contribution in [3.05, 3.63) is 71.4 Å². The number of carboxylic acids is 1. The topological polar surface area (TPSA) is 129 Å². The van der Waals surface area contributed by atoms with Gasteiger partial charge in [-0.2, -0.15) is 0 Å². The Bertz CT molecular complexity index is 1420. The van der Waals surface area contributed by atoms with Crippen LogP contribution in [0.4, 0.5) is 0 Å². The van der Waals surface area contributed by atoms with E-state index in [1.807, 2.05) is 24.3 Å². The zero-order chi connectivity index (χ0) is 26.7. The Balaban J connectivity index is 1.64. The number of nitrogens with zero attached hydrogens (tertiary/aromatic N) is 1. The van der Waals surface area contributed by atoms with Gasteiger partial charge in [0, 0.05) is 35.1 Å². The highest BCUT2D eigenvalue weighted by Crippen LogP contribution is 2.51. The van der Waals surface area contributed by atoms with E-state index in [2.05, 4.69) is 10.3 Å². The first-order valence-corrected chi connectivity index (χ1v) is 12.1. The molecule has 2 aliphatic heterocycles. The SMILES string of the molecule is COC(=O)c1ccc(C2NC(Cc3c[nH]c4ccccc34)(C(=O)O)C3C(=O)N(C(C)(C)C)C(=O)C23)cc1. The van der Waals surface area contributed by atoms with Crippen LogP contribution in [-0.4, -0.2) is 56.9 Å². The van der Waals surface area contributed by atoms with Crippen molar-refractivity contribution in [1.82, 2.24) is 15.2 Å². The molecule has 1 aromatic heterocycles. The molecule has 2 aromatic carbocycles. The number of carboxylic acid groups (broad SMARTS) is 1. The first-order valence-electron chi connectivity index (χ1n) is 12.1. The Kier molecular flexibility index (Phi) is 5.71. The largest absolute Gasteiger partial charge is 0.480 e. The molecule has 2 aliphatic rings. The molecule has 37 heavy (non-hydrogen) atoms. The van der Waals surface area contributed by atoms with Crippen LogP contribution in [0.3, 0.4) is 0 Å². The second-order valence-corrected chi connectivity index (χ2v) is 10.7. The maximum absolute atomic E-state index is 13.8. The monoisotopic (exact) mass is 503 g/mol. The Morgan fingerprint density at radius 2 is 1.73 bits per heavy atom. The van der Waals surface area contributed by atoms with Gasteiger partial charge in [0.1, 0.15) is 5.54 Å². The summed E-state index contributed by atoms with van der Waals surface area (Å²) < 4.78 is 4.77. The summed E-state index contributed by atoms with van der Waals surface area (Å²) in [6.45, 7) is 5.29. The first-order chi connectivity index (χ1) is 17.5. The number of para-hydroxylation sites is 1. The number of aliphatic carboxylic acids is 1. The highest BCUT2D eigenvalue weighted by atomic mass is 16.5. The fourth-order valence-electron chi connectivity index (χ4n) is 5.91. The molecule has 192 valence electrons. The van der Waals surface area contributed by atoms with Crippen LogP contribution in [-0.2, 0) is 25.5 Å². The van der Waals surface area contributed by atoms with Crippen molar-refractivity contribution in [2.24, 2.45) is 11.8 Å². The predicted octanol–water partition coefficient (Wildman–Crippen LogP) is 3.06. The molecule has 2 amide bonds. The summed E-state index contributed by atoms with van der Waals surface area (Å²) in [6, 6.07) is 13.3. The fraction of sp³-hybridized carbons (Fsp3) is 0.357. The molecule has 0 saturated carbocycles. The van der Waals surface area contributed by atoms with Crippen molar-refractivity contribution >= 4 is 34.7 Å². The molecule has 3 N–H and O–H groups in total. The van der Waals surface area contributed by atoms with Gasteiger partial charge < -0.3 is 14.8 Å². The number of methoxy groups -OCH3 is 1. The Labute approximate surface area is 213 Å². The highest BCUT2D eigenvalue weighted by Gasteiger charge is 2.69. The van der Waals surface area contributed by atoms with Crippen LogP contribution in [0.5, 0.6) is 0 Å². The zero-order valence-corrected chi connectivity index (χ0v) is 21.1. The number of nitrogens with one attached hydrogen (secondary N) is 2. The summed E-state index contributed by atoms with van der Waals surface area (Å²) in [5.41, 5.74) is -0.0134. The number of amides is 2. The third kappa shape index (κ3) is 3.72. The lowest BCUT2D eigenvalue weighted by Gasteiger charge is -2.35. The number of rotatable bonds is 5. The summed E-state index contributed by atoms with van der Waals surface area (Å²) in [4.78, 5) is 57.0. The molecule has 0 bridgehead atoms. The fourth-order valence-corrected chi connectivity index (χ4v) is 5.91. The van der Waals surface area contributed by atoms with Gasteiger partial charge in [0.25, 0.3) is 0 Å². The van der Waals surface area contributed by atoms with Gasteiger partial charge >= 0.3 is 11.9 Å². The number of ether oxygens (including phenoxy) is 1. The number of hydrogen-bond donors (Lipinski definition) is 3. The lowest BCUT2D eigenvalue weighted by atomic mass is 9.76. The summed E-state index contributed by atoms with van der Waals surface area (Å²) in [5.74, 6) is -4.63. The van der Waals surface area contributed by atoms with Crippen molar-refractivity contribution in [2.45, 2.75) is 44.3 Å². The summed E-state index contributed by atoms with van der Waals surface area (Å²) in [5, 5.41) is 14.8. The molecule has 0 radical (unpaired) electrons. The van der Waals surface area contributed by atoms with E-state index in [1.165, 1.54) is 12.0 Å². The Morgan fingerprint density at radius 3 is 2.35 bits per heavy atom. The highest BCUT2D eigenvalue weighted by molar-refractivity contribution is 6.10. The molecule has 2 fully saturated rings. The molecule has 4 unspecified atom stereocenters. The molecule has 2 saturated heterocycles. The normalized spacial score (nSPS) is 25.5. The number of carbonyl (C=O) groups excluding carboxylic acids is 3. The number of likely N-dealkylation sites (tertiary alicyclic amines) is 1. The van der Waals surface area contributed by atoms with E-state index in [0.717, 1.165) is 16.5 Å².